The van der Waals surface area contributed by atoms with E-state index in [9.17, 15) is 4.79 Å². The lowest BCUT2D eigenvalue weighted by molar-refractivity contribution is 0.102. The highest BCUT2D eigenvalue weighted by atomic mass is 16.1. The van der Waals surface area contributed by atoms with Crippen LogP contribution in [0.4, 0.5) is 11.5 Å². The second-order valence-electron chi connectivity index (χ2n) is 4.02. The van der Waals surface area contributed by atoms with E-state index in [0.29, 0.717) is 17.1 Å². The summed E-state index contributed by atoms with van der Waals surface area (Å²) in [5.74, 6) is 5.66. The van der Waals surface area contributed by atoms with Gasteiger partial charge >= 0.3 is 0 Å². The monoisotopic (exact) mass is 245 g/mol. The van der Waals surface area contributed by atoms with Crippen molar-refractivity contribution in [2.24, 2.45) is 12.9 Å². The van der Waals surface area contributed by atoms with E-state index < -0.39 is 0 Å². The lowest BCUT2D eigenvalue weighted by Gasteiger charge is -2.09. The Balaban J connectivity index is 2.23. The van der Waals surface area contributed by atoms with E-state index in [2.05, 4.69) is 15.8 Å². The highest BCUT2D eigenvalue weighted by Crippen LogP contribution is 2.17. The summed E-state index contributed by atoms with van der Waals surface area (Å²) >= 11 is 0. The second-order valence-corrected chi connectivity index (χ2v) is 4.02. The zero-order chi connectivity index (χ0) is 13.1. The highest BCUT2D eigenvalue weighted by Gasteiger charge is 2.12. The maximum atomic E-state index is 12.1. The van der Waals surface area contributed by atoms with Crippen molar-refractivity contribution in [2.75, 3.05) is 10.7 Å². The smallest absolute Gasteiger partial charge is 0.259 e. The normalized spacial score (nSPS) is 10.2. The van der Waals surface area contributed by atoms with Gasteiger partial charge in [0.05, 0.1) is 11.3 Å². The SMILES string of the molecule is Cc1ccc(C(=O)Nc2ccn(C)n2)c(NN)c1. The number of hydrogen-bond acceptors (Lipinski definition) is 4. The zero-order valence-electron chi connectivity index (χ0n) is 10.3. The molecule has 94 valence electrons. The molecule has 1 aromatic heterocycles. The van der Waals surface area contributed by atoms with Gasteiger partial charge in [-0.3, -0.25) is 15.3 Å². The van der Waals surface area contributed by atoms with Crippen LogP contribution in [0.1, 0.15) is 15.9 Å². The van der Waals surface area contributed by atoms with Crippen LogP contribution in [0.5, 0.6) is 0 Å². The maximum Gasteiger partial charge on any atom is 0.259 e. The van der Waals surface area contributed by atoms with Crippen molar-refractivity contribution in [1.29, 1.82) is 0 Å². The van der Waals surface area contributed by atoms with Gasteiger partial charge in [-0.1, -0.05) is 6.07 Å². The molecule has 1 aromatic carbocycles. The summed E-state index contributed by atoms with van der Waals surface area (Å²) in [5, 5.41) is 6.79. The number of aromatic nitrogens is 2. The van der Waals surface area contributed by atoms with Gasteiger partial charge in [-0.05, 0) is 24.6 Å². The summed E-state index contributed by atoms with van der Waals surface area (Å²) in [6.07, 6.45) is 1.76. The molecule has 1 heterocycles. The van der Waals surface area contributed by atoms with E-state index in [-0.39, 0.29) is 5.91 Å². The Hall–Kier alpha value is -2.34. The standard InChI is InChI=1S/C12H15N5O/c1-8-3-4-9(10(7-8)15-13)12(18)14-11-5-6-17(2)16-11/h3-7,15H,13H2,1-2H3,(H,14,16,18). The van der Waals surface area contributed by atoms with Gasteiger partial charge in [-0.25, -0.2) is 0 Å². The predicted molar refractivity (Wildman–Crippen MR) is 70.2 cm³/mol. The van der Waals surface area contributed by atoms with Crippen molar-refractivity contribution in [1.82, 2.24) is 9.78 Å². The Bertz CT molecular complexity index is 576. The molecule has 0 unspecified atom stereocenters. The number of nitrogen functional groups attached to an aromatic ring is 1. The summed E-state index contributed by atoms with van der Waals surface area (Å²) in [6.45, 7) is 1.93. The molecule has 4 N–H and O–H groups in total. The van der Waals surface area contributed by atoms with Gasteiger partial charge in [0.1, 0.15) is 0 Å². The maximum absolute atomic E-state index is 12.1. The fourth-order valence-corrected chi connectivity index (χ4v) is 1.64. The molecule has 0 aliphatic carbocycles. The van der Waals surface area contributed by atoms with Crippen LogP contribution in [-0.2, 0) is 7.05 Å². The van der Waals surface area contributed by atoms with Crippen LogP contribution in [0.15, 0.2) is 30.5 Å². The van der Waals surface area contributed by atoms with Crippen LogP contribution < -0.4 is 16.6 Å². The molecule has 2 aromatic rings. The van der Waals surface area contributed by atoms with Crippen molar-refractivity contribution in [3.05, 3.63) is 41.6 Å². The molecule has 0 saturated carbocycles. The molecule has 0 fully saturated rings. The average molecular weight is 245 g/mol. The highest BCUT2D eigenvalue weighted by molar-refractivity contribution is 6.07. The number of nitrogens with zero attached hydrogens (tertiary/aromatic N) is 2. The fraction of sp³-hybridized carbons (Fsp3) is 0.167. The minimum atomic E-state index is -0.248. The molecule has 0 spiro atoms. The van der Waals surface area contributed by atoms with Gasteiger partial charge in [0, 0.05) is 19.3 Å². The molecule has 0 radical (unpaired) electrons. The molecule has 1 amide bonds. The van der Waals surface area contributed by atoms with Crippen molar-refractivity contribution in [2.45, 2.75) is 6.92 Å². The molecule has 2 rings (SSSR count). The van der Waals surface area contributed by atoms with Crippen LogP contribution >= 0.6 is 0 Å². The zero-order valence-corrected chi connectivity index (χ0v) is 10.3. The van der Waals surface area contributed by atoms with Gasteiger partial charge in [-0.2, -0.15) is 5.10 Å². The summed E-state index contributed by atoms with van der Waals surface area (Å²) in [5.41, 5.74) is 4.61. The lowest BCUT2D eigenvalue weighted by atomic mass is 10.1. The quantitative estimate of drug-likeness (QED) is 0.561. The Morgan fingerprint density at radius 2 is 2.17 bits per heavy atom. The Morgan fingerprint density at radius 3 is 2.78 bits per heavy atom. The third-order valence-corrected chi connectivity index (χ3v) is 2.53. The number of carbonyl (C=O) groups excluding carboxylic acids is 1. The van der Waals surface area contributed by atoms with Gasteiger partial charge < -0.3 is 10.7 Å². The van der Waals surface area contributed by atoms with Crippen molar-refractivity contribution < 1.29 is 4.79 Å². The number of aryl methyl sites for hydroxylation is 2. The number of benzene rings is 1. The van der Waals surface area contributed by atoms with E-state index in [0.717, 1.165) is 5.56 Å². The molecule has 0 saturated heterocycles. The number of nitrogens with two attached hydrogens (primary N) is 1. The van der Waals surface area contributed by atoms with Crippen molar-refractivity contribution >= 4 is 17.4 Å². The van der Waals surface area contributed by atoms with Crippen LogP contribution in [0.2, 0.25) is 0 Å². The molecule has 0 atom stereocenters. The number of carbonyl (C=O) groups is 1. The minimum absolute atomic E-state index is 0.248. The fourth-order valence-electron chi connectivity index (χ4n) is 1.64. The minimum Gasteiger partial charge on any atom is -0.323 e. The lowest BCUT2D eigenvalue weighted by Crippen LogP contribution is -2.17. The molecule has 0 aliphatic heterocycles. The first-order valence-electron chi connectivity index (χ1n) is 5.48. The third-order valence-electron chi connectivity index (χ3n) is 2.53. The molecule has 6 nitrogen and oxygen atoms in total. The summed E-state index contributed by atoms with van der Waals surface area (Å²) in [6, 6.07) is 7.12. The molecule has 6 heteroatoms. The topological polar surface area (TPSA) is 85.0 Å². The van der Waals surface area contributed by atoms with Gasteiger partial charge in [0.25, 0.3) is 5.91 Å². The molecule has 0 bridgehead atoms. The number of anilines is 2. The molecule has 18 heavy (non-hydrogen) atoms. The first-order chi connectivity index (χ1) is 8.60. The number of hydrazine groups is 1. The summed E-state index contributed by atoms with van der Waals surface area (Å²) < 4.78 is 1.62. The molecular formula is C12H15N5O. The van der Waals surface area contributed by atoms with E-state index in [1.165, 1.54) is 0 Å². The van der Waals surface area contributed by atoms with Gasteiger partial charge in [0.2, 0.25) is 0 Å². The van der Waals surface area contributed by atoms with E-state index >= 15 is 0 Å². The van der Waals surface area contributed by atoms with E-state index in [4.69, 9.17) is 5.84 Å². The molecular weight excluding hydrogens is 230 g/mol. The van der Waals surface area contributed by atoms with E-state index in [1.54, 1.807) is 30.1 Å². The Labute approximate surface area is 105 Å². The predicted octanol–water partition coefficient (Wildman–Crippen LogP) is 1.27. The van der Waals surface area contributed by atoms with Crippen molar-refractivity contribution in [3.8, 4) is 0 Å². The number of rotatable bonds is 3. The first kappa shape index (κ1) is 12.1. The first-order valence-corrected chi connectivity index (χ1v) is 5.48. The Morgan fingerprint density at radius 1 is 1.39 bits per heavy atom. The number of hydrogen-bond donors (Lipinski definition) is 3. The van der Waals surface area contributed by atoms with Crippen LogP contribution in [0.25, 0.3) is 0 Å². The third kappa shape index (κ3) is 2.49. The number of amides is 1. The number of nitrogens with one attached hydrogen (secondary N) is 2. The van der Waals surface area contributed by atoms with Gasteiger partial charge in [-0.15, -0.1) is 0 Å². The van der Waals surface area contributed by atoms with Crippen LogP contribution in [0.3, 0.4) is 0 Å². The summed E-state index contributed by atoms with van der Waals surface area (Å²) in [7, 11) is 1.79. The van der Waals surface area contributed by atoms with Crippen molar-refractivity contribution in [3.63, 3.8) is 0 Å². The Kier molecular flexibility index (Phi) is 3.29. The van der Waals surface area contributed by atoms with E-state index in [1.807, 2.05) is 19.1 Å². The molecule has 0 aliphatic rings. The van der Waals surface area contributed by atoms with Crippen LogP contribution in [0, 0.1) is 6.92 Å². The van der Waals surface area contributed by atoms with Crippen LogP contribution in [-0.4, -0.2) is 15.7 Å². The second kappa shape index (κ2) is 4.89. The summed E-state index contributed by atoms with van der Waals surface area (Å²) in [4.78, 5) is 12.1. The average Bonchev–Trinajstić information content (AvgIpc) is 2.74. The largest absolute Gasteiger partial charge is 0.323 e. The van der Waals surface area contributed by atoms with Gasteiger partial charge in [0.15, 0.2) is 5.82 Å².